The zero-order valence-corrected chi connectivity index (χ0v) is 12.8. The van der Waals surface area contributed by atoms with E-state index < -0.39 is 0 Å². The van der Waals surface area contributed by atoms with Crippen molar-refractivity contribution >= 4 is 0 Å². The molecular weight excluding hydrogens is 258 g/mol. The van der Waals surface area contributed by atoms with Crippen LogP contribution in [0.15, 0.2) is 24.3 Å². The van der Waals surface area contributed by atoms with Gasteiger partial charge in [0.05, 0.1) is 11.6 Å². The number of hydrogen-bond acceptors (Lipinski definition) is 3. The molecule has 21 heavy (non-hydrogen) atoms. The smallest absolute Gasteiger partial charge is 0.0991 e. The van der Waals surface area contributed by atoms with Crippen LogP contribution in [0.3, 0.4) is 0 Å². The molecule has 0 N–H and O–H groups in total. The fraction of sp³-hybridized carbons (Fsp3) is 0.611. The molecule has 112 valence electrons. The van der Waals surface area contributed by atoms with Crippen LogP contribution in [-0.4, -0.2) is 42.0 Å². The minimum atomic E-state index is 0.774. The van der Waals surface area contributed by atoms with Crippen molar-refractivity contribution in [1.29, 1.82) is 5.26 Å². The molecule has 2 heterocycles. The predicted octanol–water partition coefficient (Wildman–Crippen LogP) is 3.01. The molecule has 0 atom stereocenters. The summed E-state index contributed by atoms with van der Waals surface area (Å²) in [6.07, 6.45) is 6.81. The third-order valence-corrected chi connectivity index (χ3v) is 4.93. The van der Waals surface area contributed by atoms with E-state index in [-0.39, 0.29) is 0 Å². The second kappa shape index (κ2) is 7.06. The lowest BCUT2D eigenvalue weighted by Gasteiger charge is -2.40. The first-order valence-electron chi connectivity index (χ1n) is 8.30. The third-order valence-electron chi connectivity index (χ3n) is 4.93. The molecule has 2 aliphatic heterocycles. The molecule has 0 radical (unpaired) electrons. The summed E-state index contributed by atoms with van der Waals surface area (Å²) in [5, 5.41) is 8.98. The average Bonchev–Trinajstić information content (AvgIpc) is 2.56. The Balaban J connectivity index is 1.50. The fourth-order valence-corrected chi connectivity index (χ4v) is 3.72. The van der Waals surface area contributed by atoms with E-state index in [9.17, 15) is 0 Å². The molecule has 0 aliphatic carbocycles. The molecule has 0 spiro atoms. The maximum Gasteiger partial charge on any atom is 0.0991 e. The molecule has 0 saturated carbocycles. The van der Waals surface area contributed by atoms with Crippen LogP contribution in [0.4, 0.5) is 0 Å². The number of piperidine rings is 2. The third kappa shape index (κ3) is 3.84. The van der Waals surface area contributed by atoms with Gasteiger partial charge in [0.1, 0.15) is 0 Å². The molecule has 0 amide bonds. The van der Waals surface area contributed by atoms with Crippen LogP contribution in [0, 0.1) is 11.3 Å². The Morgan fingerprint density at radius 1 is 1.05 bits per heavy atom. The van der Waals surface area contributed by atoms with Crippen molar-refractivity contribution in [2.75, 3.05) is 26.2 Å². The van der Waals surface area contributed by atoms with E-state index in [4.69, 9.17) is 5.26 Å². The number of benzene rings is 1. The van der Waals surface area contributed by atoms with Gasteiger partial charge in [0.2, 0.25) is 0 Å². The molecule has 1 aromatic carbocycles. The Bertz CT molecular complexity index is 491. The zero-order valence-electron chi connectivity index (χ0n) is 12.8. The van der Waals surface area contributed by atoms with Crippen LogP contribution in [-0.2, 0) is 6.54 Å². The molecular formula is C18H25N3. The van der Waals surface area contributed by atoms with Crippen LogP contribution in [0.5, 0.6) is 0 Å². The maximum atomic E-state index is 8.98. The van der Waals surface area contributed by atoms with E-state index >= 15 is 0 Å². The highest BCUT2D eigenvalue weighted by molar-refractivity contribution is 5.32. The monoisotopic (exact) mass is 283 g/mol. The molecule has 3 rings (SSSR count). The second-order valence-corrected chi connectivity index (χ2v) is 6.42. The van der Waals surface area contributed by atoms with Crippen molar-refractivity contribution < 1.29 is 0 Å². The number of nitrogens with zero attached hydrogens (tertiary/aromatic N) is 3. The molecule has 0 aromatic heterocycles. The van der Waals surface area contributed by atoms with E-state index in [2.05, 4.69) is 21.9 Å². The Labute approximate surface area is 128 Å². The van der Waals surface area contributed by atoms with Gasteiger partial charge in [0.15, 0.2) is 0 Å². The maximum absolute atomic E-state index is 8.98. The van der Waals surface area contributed by atoms with Gasteiger partial charge in [-0.1, -0.05) is 18.6 Å². The molecule has 0 bridgehead atoms. The van der Waals surface area contributed by atoms with Crippen LogP contribution in [0.25, 0.3) is 0 Å². The Morgan fingerprint density at radius 2 is 1.81 bits per heavy atom. The van der Waals surface area contributed by atoms with Crippen LogP contribution in [0.1, 0.15) is 43.2 Å². The van der Waals surface area contributed by atoms with E-state index in [0.717, 1.165) is 18.2 Å². The van der Waals surface area contributed by atoms with Gasteiger partial charge in [-0.25, -0.2) is 0 Å². The number of nitriles is 1. The van der Waals surface area contributed by atoms with E-state index in [0.29, 0.717) is 0 Å². The van der Waals surface area contributed by atoms with Crippen molar-refractivity contribution in [3.05, 3.63) is 35.4 Å². The lowest BCUT2D eigenvalue weighted by Crippen LogP contribution is -2.46. The van der Waals surface area contributed by atoms with Gasteiger partial charge in [-0.3, -0.25) is 4.90 Å². The normalized spacial score (nSPS) is 22.0. The SMILES string of the molecule is N#Cc1cccc(CN2CCC(N3CCCCC3)CC2)c1. The Morgan fingerprint density at radius 3 is 2.52 bits per heavy atom. The summed E-state index contributed by atoms with van der Waals surface area (Å²) in [5.74, 6) is 0. The highest BCUT2D eigenvalue weighted by Crippen LogP contribution is 2.22. The Kier molecular flexibility index (Phi) is 4.90. The first-order chi connectivity index (χ1) is 10.3. The summed E-state index contributed by atoms with van der Waals surface area (Å²) in [7, 11) is 0. The van der Waals surface area contributed by atoms with Gasteiger partial charge in [-0.15, -0.1) is 0 Å². The first kappa shape index (κ1) is 14.6. The second-order valence-electron chi connectivity index (χ2n) is 6.42. The van der Waals surface area contributed by atoms with Gasteiger partial charge in [-0.05, 0) is 69.6 Å². The molecule has 2 aliphatic rings. The van der Waals surface area contributed by atoms with Crippen molar-refractivity contribution in [3.63, 3.8) is 0 Å². The van der Waals surface area contributed by atoms with Gasteiger partial charge in [0, 0.05) is 12.6 Å². The van der Waals surface area contributed by atoms with Crippen molar-refractivity contribution in [2.24, 2.45) is 0 Å². The van der Waals surface area contributed by atoms with Crippen molar-refractivity contribution in [2.45, 2.75) is 44.7 Å². The molecule has 3 nitrogen and oxygen atoms in total. The summed E-state index contributed by atoms with van der Waals surface area (Å²) in [5.41, 5.74) is 2.04. The van der Waals surface area contributed by atoms with Crippen LogP contribution < -0.4 is 0 Å². The van der Waals surface area contributed by atoms with Gasteiger partial charge >= 0.3 is 0 Å². The minimum Gasteiger partial charge on any atom is -0.300 e. The predicted molar refractivity (Wildman–Crippen MR) is 84.9 cm³/mol. The summed E-state index contributed by atoms with van der Waals surface area (Å²) in [6.45, 7) is 6.00. The summed E-state index contributed by atoms with van der Waals surface area (Å²) < 4.78 is 0. The quantitative estimate of drug-likeness (QED) is 0.854. The molecule has 2 fully saturated rings. The van der Waals surface area contributed by atoms with Crippen molar-refractivity contribution in [1.82, 2.24) is 9.80 Å². The van der Waals surface area contributed by atoms with Crippen LogP contribution >= 0.6 is 0 Å². The summed E-state index contributed by atoms with van der Waals surface area (Å²) >= 11 is 0. The molecule has 2 saturated heterocycles. The van der Waals surface area contributed by atoms with Gasteiger partial charge < -0.3 is 4.90 Å². The van der Waals surface area contributed by atoms with Crippen LogP contribution in [0.2, 0.25) is 0 Å². The lowest BCUT2D eigenvalue weighted by molar-refractivity contribution is 0.0896. The first-order valence-corrected chi connectivity index (χ1v) is 8.30. The van der Waals surface area contributed by atoms with E-state index in [1.54, 1.807) is 0 Å². The number of rotatable bonds is 3. The van der Waals surface area contributed by atoms with E-state index in [1.165, 1.54) is 63.8 Å². The lowest BCUT2D eigenvalue weighted by atomic mass is 9.99. The zero-order chi connectivity index (χ0) is 14.5. The average molecular weight is 283 g/mol. The topological polar surface area (TPSA) is 30.3 Å². The molecule has 1 aromatic rings. The van der Waals surface area contributed by atoms with Gasteiger partial charge in [0.25, 0.3) is 0 Å². The molecule has 3 heteroatoms. The fourth-order valence-electron chi connectivity index (χ4n) is 3.72. The van der Waals surface area contributed by atoms with Gasteiger partial charge in [-0.2, -0.15) is 5.26 Å². The summed E-state index contributed by atoms with van der Waals surface area (Å²) in [4.78, 5) is 5.26. The minimum absolute atomic E-state index is 0.774. The highest BCUT2D eigenvalue weighted by atomic mass is 15.2. The summed E-state index contributed by atoms with van der Waals surface area (Å²) in [6, 6.07) is 11.1. The Hall–Kier alpha value is -1.37. The van der Waals surface area contributed by atoms with E-state index in [1.807, 2.05) is 18.2 Å². The highest BCUT2D eigenvalue weighted by Gasteiger charge is 2.25. The number of likely N-dealkylation sites (tertiary alicyclic amines) is 2. The standard InChI is InChI=1S/C18H25N3/c19-14-16-5-4-6-17(13-16)15-20-11-7-18(8-12-20)21-9-2-1-3-10-21/h4-6,13,18H,1-3,7-12,15H2. The van der Waals surface area contributed by atoms with Crippen molar-refractivity contribution in [3.8, 4) is 6.07 Å². The number of hydrogen-bond donors (Lipinski definition) is 0. The molecule has 0 unspecified atom stereocenters. The largest absolute Gasteiger partial charge is 0.300 e.